The monoisotopic (exact) mass is 227 g/mol. The maximum Gasteiger partial charge on any atom is 0.323 e. The highest BCUT2D eigenvalue weighted by atomic mass is 16.4. The maximum atomic E-state index is 10.7. The Bertz CT molecular complexity index is 302. The van der Waals surface area contributed by atoms with Gasteiger partial charge in [-0.2, -0.15) is 0 Å². The Kier molecular flexibility index (Phi) is 5.74. The fraction of sp³-hybridized carbons (Fsp3) is 0.636. The number of carbonyl (C=O) groups is 1. The van der Waals surface area contributed by atoms with Crippen LogP contribution in [0.3, 0.4) is 0 Å². The van der Waals surface area contributed by atoms with Gasteiger partial charge in [-0.15, -0.1) is 0 Å². The van der Waals surface area contributed by atoms with Gasteiger partial charge in [0.25, 0.3) is 0 Å². The van der Waals surface area contributed by atoms with Gasteiger partial charge in [0.05, 0.1) is 12.4 Å². The van der Waals surface area contributed by atoms with Crippen LogP contribution in [0, 0.1) is 0 Å². The van der Waals surface area contributed by atoms with Crippen molar-refractivity contribution >= 4 is 11.8 Å². The Morgan fingerprint density at radius 3 is 2.50 bits per heavy atom. The average molecular weight is 227 g/mol. The molecular formula is C11H21N3O2. The number of amidine groups is 1. The summed E-state index contributed by atoms with van der Waals surface area (Å²) >= 11 is 0. The average Bonchev–Trinajstić information content (AvgIpc) is 2.14. The number of aliphatic carboxylic acids is 1. The van der Waals surface area contributed by atoms with Gasteiger partial charge in [-0.3, -0.25) is 9.79 Å². The molecule has 1 atom stereocenters. The van der Waals surface area contributed by atoms with Crippen molar-refractivity contribution in [3.63, 3.8) is 0 Å². The molecular weight excluding hydrogens is 206 g/mol. The lowest BCUT2D eigenvalue weighted by Crippen LogP contribution is -2.44. The zero-order valence-corrected chi connectivity index (χ0v) is 10.2. The van der Waals surface area contributed by atoms with Crippen LogP contribution in [0.25, 0.3) is 0 Å². The summed E-state index contributed by atoms with van der Waals surface area (Å²) in [5.41, 5.74) is 10.9. The number of aliphatic imine (C=N–C) groups is 1. The summed E-state index contributed by atoms with van der Waals surface area (Å²) in [6.07, 6.45) is 2.98. The predicted molar refractivity (Wildman–Crippen MR) is 65.4 cm³/mol. The number of nitrogens with two attached hydrogens (primary N) is 2. The van der Waals surface area contributed by atoms with Gasteiger partial charge in [-0.25, -0.2) is 0 Å². The van der Waals surface area contributed by atoms with Crippen molar-refractivity contribution in [2.75, 3.05) is 6.54 Å². The zero-order chi connectivity index (χ0) is 12.8. The Morgan fingerprint density at radius 1 is 1.50 bits per heavy atom. The van der Waals surface area contributed by atoms with Gasteiger partial charge in [0.1, 0.15) is 5.54 Å². The highest BCUT2D eigenvalue weighted by molar-refractivity contribution is 5.78. The first kappa shape index (κ1) is 14.6. The zero-order valence-electron chi connectivity index (χ0n) is 10.2. The first-order valence-corrected chi connectivity index (χ1v) is 5.20. The van der Waals surface area contributed by atoms with Crippen LogP contribution in [0.2, 0.25) is 0 Å². The summed E-state index contributed by atoms with van der Waals surface area (Å²) in [6, 6.07) is 0. The van der Waals surface area contributed by atoms with Crippen LogP contribution in [0.5, 0.6) is 0 Å². The van der Waals surface area contributed by atoms with Crippen LogP contribution in [0.1, 0.15) is 33.6 Å². The molecule has 0 aromatic heterocycles. The van der Waals surface area contributed by atoms with E-state index in [0.29, 0.717) is 25.2 Å². The Labute approximate surface area is 96.2 Å². The van der Waals surface area contributed by atoms with Crippen molar-refractivity contribution in [1.29, 1.82) is 0 Å². The number of hydrogen-bond acceptors (Lipinski definition) is 3. The van der Waals surface area contributed by atoms with Crippen molar-refractivity contribution in [1.82, 2.24) is 0 Å². The number of allylic oxidation sites excluding steroid dienone is 1. The second-order valence-electron chi connectivity index (χ2n) is 4.27. The van der Waals surface area contributed by atoms with E-state index in [1.807, 2.05) is 13.0 Å². The van der Waals surface area contributed by atoms with E-state index in [0.717, 1.165) is 5.57 Å². The normalized spacial score (nSPS) is 17.0. The van der Waals surface area contributed by atoms with Gasteiger partial charge in [0, 0.05) is 0 Å². The highest BCUT2D eigenvalue weighted by Gasteiger charge is 2.26. The highest BCUT2D eigenvalue weighted by Crippen LogP contribution is 2.10. The number of carboxylic acids is 1. The molecule has 5 N–H and O–H groups in total. The number of hydrogen-bond donors (Lipinski definition) is 3. The first-order valence-electron chi connectivity index (χ1n) is 5.20. The van der Waals surface area contributed by atoms with Crippen molar-refractivity contribution in [3.8, 4) is 0 Å². The molecule has 0 fully saturated rings. The largest absolute Gasteiger partial charge is 0.480 e. The van der Waals surface area contributed by atoms with Crippen molar-refractivity contribution in [2.24, 2.45) is 16.5 Å². The molecule has 1 unspecified atom stereocenters. The standard InChI is InChI=1S/C11H21N3O2/c1-8(7-14-9(2)12)5-4-6-11(3,13)10(15)16/h5H,4,6-7,13H2,1-3H3,(H2,12,14)(H,15,16)/b8-5-. The van der Waals surface area contributed by atoms with Crippen molar-refractivity contribution < 1.29 is 9.90 Å². The summed E-state index contributed by atoms with van der Waals surface area (Å²) < 4.78 is 0. The molecule has 0 radical (unpaired) electrons. The van der Waals surface area contributed by atoms with E-state index in [2.05, 4.69) is 4.99 Å². The fourth-order valence-electron chi connectivity index (χ4n) is 1.04. The molecule has 16 heavy (non-hydrogen) atoms. The van der Waals surface area contributed by atoms with Gasteiger partial charge in [-0.1, -0.05) is 11.6 Å². The Hall–Kier alpha value is -1.36. The molecule has 0 aliphatic rings. The third kappa shape index (κ3) is 6.19. The number of carboxylic acid groups (broad SMARTS) is 1. The van der Waals surface area contributed by atoms with Gasteiger partial charge in [0.15, 0.2) is 0 Å². The summed E-state index contributed by atoms with van der Waals surface area (Å²) in [4.78, 5) is 14.8. The van der Waals surface area contributed by atoms with Gasteiger partial charge in [0.2, 0.25) is 0 Å². The molecule has 0 saturated heterocycles. The minimum atomic E-state index is -1.16. The molecule has 0 heterocycles. The van der Waals surface area contributed by atoms with Crippen molar-refractivity contribution in [2.45, 2.75) is 39.2 Å². The molecule has 5 heteroatoms. The van der Waals surface area contributed by atoms with E-state index >= 15 is 0 Å². The van der Waals surface area contributed by atoms with E-state index in [9.17, 15) is 4.79 Å². The predicted octanol–water partition coefficient (Wildman–Crippen LogP) is 0.892. The quantitative estimate of drug-likeness (QED) is 0.356. The summed E-state index contributed by atoms with van der Waals surface area (Å²) in [5, 5.41) is 8.80. The second kappa shape index (κ2) is 6.27. The van der Waals surface area contributed by atoms with Gasteiger partial charge < -0.3 is 16.6 Å². The van der Waals surface area contributed by atoms with E-state index in [4.69, 9.17) is 16.6 Å². The summed E-state index contributed by atoms with van der Waals surface area (Å²) in [6.45, 7) is 5.73. The molecule has 0 spiro atoms. The molecule has 5 nitrogen and oxygen atoms in total. The summed E-state index contributed by atoms with van der Waals surface area (Å²) in [7, 11) is 0. The first-order chi connectivity index (χ1) is 7.25. The van der Waals surface area contributed by atoms with Crippen LogP contribution < -0.4 is 11.5 Å². The molecule has 0 saturated carbocycles. The lowest BCUT2D eigenvalue weighted by Gasteiger charge is -2.17. The van der Waals surface area contributed by atoms with E-state index in [1.165, 1.54) is 6.92 Å². The molecule has 0 amide bonds. The third-order valence-corrected chi connectivity index (χ3v) is 2.22. The Balaban J connectivity index is 4.10. The third-order valence-electron chi connectivity index (χ3n) is 2.22. The van der Waals surface area contributed by atoms with Gasteiger partial charge in [-0.05, 0) is 33.6 Å². The molecule has 0 aromatic carbocycles. The van der Waals surface area contributed by atoms with Crippen LogP contribution in [-0.2, 0) is 4.79 Å². The second-order valence-corrected chi connectivity index (χ2v) is 4.27. The van der Waals surface area contributed by atoms with E-state index < -0.39 is 11.5 Å². The lowest BCUT2D eigenvalue weighted by atomic mass is 9.97. The van der Waals surface area contributed by atoms with Crippen LogP contribution in [0.15, 0.2) is 16.6 Å². The van der Waals surface area contributed by atoms with Crippen LogP contribution in [-0.4, -0.2) is 29.0 Å². The topological polar surface area (TPSA) is 102 Å². The van der Waals surface area contributed by atoms with Crippen LogP contribution in [0.4, 0.5) is 0 Å². The molecule has 92 valence electrons. The minimum absolute atomic E-state index is 0.408. The molecule has 0 aliphatic carbocycles. The fourth-order valence-corrected chi connectivity index (χ4v) is 1.04. The van der Waals surface area contributed by atoms with E-state index in [-0.39, 0.29) is 0 Å². The number of nitrogens with zero attached hydrogens (tertiary/aromatic N) is 1. The van der Waals surface area contributed by atoms with Gasteiger partial charge >= 0.3 is 5.97 Å². The summed E-state index contributed by atoms with van der Waals surface area (Å²) in [5.74, 6) is -0.434. The maximum absolute atomic E-state index is 10.7. The molecule has 0 aromatic rings. The number of rotatable bonds is 6. The molecule has 0 aliphatic heterocycles. The van der Waals surface area contributed by atoms with E-state index in [1.54, 1.807) is 6.92 Å². The van der Waals surface area contributed by atoms with Crippen molar-refractivity contribution in [3.05, 3.63) is 11.6 Å². The Morgan fingerprint density at radius 2 is 2.06 bits per heavy atom. The minimum Gasteiger partial charge on any atom is -0.480 e. The lowest BCUT2D eigenvalue weighted by molar-refractivity contribution is -0.142. The molecule has 0 rings (SSSR count). The SMILES string of the molecule is CC(N)=NC/C(C)=C\CCC(C)(N)C(=O)O. The molecule has 0 bridgehead atoms. The smallest absolute Gasteiger partial charge is 0.323 e. The van der Waals surface area contributed by atoms with Crippen LogP contribution >= 0.6 is 0 Å².